The molecule has 130 valence electrons. The zero-order chi connectivity index (χ0) is 16.4. The third-order valence-corrected chi connectivity index (χ3v) is 5.30. The van der Waals surface area contributed by atoms with Crippen molar-refractivity contribution in [2.45, 2.75) is 52.1 Å². The Labute approximate surface area is 139 Å². The van der Waals surface area contributed by atoms with Gasteiger partial charge in [-0.3, -0.25) is 4.90 Å². The Morgan fingerprint density at radius 1 is 1.48 bits per heavy atom. The van der Waals surface area contributed by atoms with E-state index < -0.39 is 0 Å². The van der Waals surface area contributed by atoms with Gasteiger partial charge in [-0.15, -0.1) is 0 Å². The minimum absolute atomic E-state index is 0.296. The van der Waals surface area contributed by atoms with Crippen LogP contribution in [0.25, 0.3) is 0 Å². The molecule has 0 amide bonds. The minimum atomic E-state index is 0.296. The van der Waals surface area contributed by atoms with E-state index >= 15 is 0 Å². The second kappa shape index (κ2) is 6.87. The first-order valence-electron chi connectivity index (χ1n) is 8.91. The molecule has 6 nitrogen and oxygen atoms in total. The number of nitrogens with one attached hydrogen (secondary N) is 1. The molecule has 0 aliphatic carbocycles. The Hall–Kier alpha value is -0.980. The summed E-state index contributed by atoms with van der Waals surface area (Å²) in [5, 5.41) is 7.61. The highest BCUT2D eigenvalue weighted by molar-refractivity contribution is 4.94. The molecule has 2 fully saturated rings. The lowest BCUT2D eigenvalue weighted by atomic mass is 9.89. The lowest BCUT2D eigenvalue weighted by Gasteiger charge is -2.30. The maximum Gasteiger partial charge on any atom is 0.229 e. The fourth-order valence-electron chi connectivity index (χ4n) is 3.78. The van der Waals surface area contributed by atoms with Crippen LogP contribution in [0.5, 0.6) is 0 Å². The number of rotatable bonds is 6. The molecule has 2 atom stereocenters. The van der Waals surface area contributed by atoms with E-state index in [1.165, 1.54) is 32.5 Å². The topological polar surface area (TPSA) is 57.4 Å². The zero-order valence-corrected chi connectivity index (χ0v) is 15.0. The highest BCUT2D eigenvalue weighted by Crippen LogP contribution is 2.28. The largest absolute Gasteiger partial charge is 0.339 e. The van der Waals surface area contributed by atoms with Crippen molar-refractivity contribution in [3.05, 3.63) is 11.7 Å². The number of hydrogen-bond acceptors (Lipinski definition) is 6. The summed E-state index contributed by atoms with van der Waals surface area (Å²) in [6.07, 6.45) is 2.53. The monoisotopic (exact) mass is 321 g/mol. The molecular formula is C17H31N5O. The van der Waals surface area contributed by atoms with Gasteiger partial charge in [0.15, 0.2) is 5.82 Å². The van der Waals surface area contributed by atoms with Gasteiger partial charge in [-0.25, -0.2) is 0 Å². The van der Waals surface area contributed by atoms with Gasteiger partial charge in [0.05, 0.1) is 6.54 Å². The molecule has 0 bridgehead atoms. The van der Waals surface area contributed by atoms with Crippen molar-refractivity contribution in [1.82, 2.24) is 25.3 Å². The van der Waals surface area contributed by atoms with Crippen molar-refractivity contribution in [3.63, 3.8) is 0 Å². The third kappa shape index (κ3) is 4.11. The van der Waals surface area contributed by atoms with Crippen LogP contribution in [0.15, 0.2) is 4.52 Å². The van der Waals surface area contributed by atoms with Crippen LogP contribution < -0.4 is 5.32 Å². The van der Waals surface area contributed by atoms with Crippen LogP contribution >= 0.6 is 0 Å². The molecular weight excluding hydrogens is 290 g/mol. The van der Waals surface area contributed by atoms with Crippen LogP contribution in [0.4, 0.5) is 0 Å². The molecule has 0 radical (unpaired) electrons. The third-order valence-electron chi connectivity index (χ3n) is 5.30. The van der Waals surface area contributed by atoms with Gasteiger partial charge in [0.25, 0.3) is 0 Å². The van der Waals surface area contributed by atoms with Crippen molar-refractivity contribution < 1.29 is 4.52 Å². The normalized spacial score (nSPS) is 29.2. The molecule has 0 saturated carbocycles. The van der Waals surface area contributed by atoms with E-state index in [1.54, 1.807) is 0 Å². The Bertz CT molecular complexity index is 509. The van der Waals surface area contributed by atoms with Crippen LogP contribution in [0.1, 0.15) is 51.2 Å². The maximum atomic E-state index is 5.31. The molecule has 2 aliphatic rings. The standard InChI is InChI=1S/C17H31N5O/c1-13(2)16-19-15(20-23-16)10-21(4)14-5-8-22(9-14)12-17(3)6-7-18-11-17/h13-14,18H,5-12H2,1-4H3. The molecule has 2 aliphatic heterocycles. The number of likely N-dealkylation sites (tertiary alicyclic amines) is 1. The lowest BCUT2D eigenvalue weighted by Crippen LogP contribution is -2.39. The van der Waals surface area contributed by atoms with Gasteiger partial charge in [-0.2, -0.15) is 4.98 Å². The molecule has 0 aromatic carbocycles. The summed E-state index contributed by atoms with van der Waals surface area (Å²) < 4.78 is 5.31. The predicted molar refractivity (Wildman–Crippen MR) is 90.3 cm³/mol. The van der Waals surface area contributed by atoms with Crippen molar-refractivity contribution in [3.8, 4) is 0 Å². The van der Waals surface area contributed by atoms with Gasteiger partial charge in [0, 0.05) is 31.6 Å². The quantitative estimate of drug-likeness (QED) is 0.861. The van der Waals surface area contributed by atoms with Crippen LogP contribution in [0.2, 0.25) is 0 Å². The SMILES string of the molecule is CC(C)c1nc(CN(C)C2CCN(CC3(C)CCNC3)C2)no1. The Morgan fingerprint density at radius 2 is 2.30 bits per heavy atom. The second-order valence-electron chi connectivity index (χ2n) is 8.03. The summed E-state index contributed by atoms with van der Waals surface area (Å²) in [6, 6.07) is 0.592. The molecule has 2 unspecified atom stereocenters. The van der Waals surface area contributed by atoms with Gasteiger partial charge in [0.1, 0.15) is 0 Å². The summed E-state index contributed by atoms with van der Waals surface area (Å²) in [4.78, 5) is 9.50. The van der Waals surface area contributed by atoms with Gasteiger partial charge in [-0.05, 0) is 38.4 Å². The molecule has 3 heterocycles. The molecule has 1 N–H and O–H groups in total. The van der Waals surface area contributed by atoms with E-state index in [2.05, 4.69) is 53.1 Å². The van der Waals surface area contributed by atoms with Gasteiger partial charge < -0.3 is 14.7 Å². The van der Waals surface area contributed by atoms with E-state index in [-0.39, 0.29) is 0 Å². The second-order valence-corrected chi connectivity index (χ2v) is 8.03. The van der Waals surface area contributed by atoms with E-state index in [4.69, 9.17) is 4.52 Å². The van der Waals surface area contributed by atoms with E-state index in [9.17, 15) is 0 Å². The summed E-state index contributed by atoms with van der Waals surface area (Å²) in [5.41, 5.74) is 0.452. The number of nitrogens with zero attached hydrogens (tertiary/aromatic N) is 4. The number of likely N-dealkylation sites (N-methyl/N-ethyl adjacent to an activating group) is 1. The Kier molecular flexibility index (Phi) is 5.04. The van der Waals surface area contributed by atoms with E-state index in [0.29, 0.717) is 17.4 Å². The van der Waals surface area contributed by atoms with Crippen molar-refractivity contribution in [2.75, 3.05) is 39.8 Å². The molecule has 1 aromatic rings. The maximum absolute atomic E-state index is 5.31. The smallest absolute Gasteiger partial charge is 0.229 e. The minimum Gasteiger partial charge on any atom is -0.339 e. The average Bonchev–Trinajstić information content (AvgIpc) is 3.20. The Balaban J connectivity index is 1.49. The summed E-state index contributed by atoms with van der Waals surface area (Å²) >= 11 is 0. The van der Waals surface area contributed by atoms with Crippen LogP contribution in [0, 0.1) is 5.41 Å². The fourth-order valence-corrected chi connectivity index (χ4v) is 3.78. The zero-order valence-electron chi connectivity index (χ0n) is 15.0. The molecule has 1 aromatic heterocycles. The Morgan fingerprint density at radius 3 is 2.96 bits per heavy atom. The first-order chi connectivity index (χ1) is 11.0. The summed E-state index contributed by atoms with van der Waals surface area (Å²) in [6.45, 7) is 13.2. The van der Waals surface area contributed by atoms with Crippen LogP contribution in [0.3, 0.4) is 0 Å². The number of hydrogen-bond donors (Lipinski definition) is 1. The predicted octanol–water partition coefficient (Wildman–Crippen LogP) is 1.70. The first kappa shape index (κ1) is 16.9. The highest BCUT2D eigenvalue weighted by atomic mass is 16.5. The molecule has 6 heteroatoms. The van der Waals surface area contributed by atoms with Crippen molar-refractivity contribution in [2.24, 2.45) is 5.41 Å². The first-order valence-corrected chi connectivity index (χ1v) is 8.91. The van der Waals surface area contributed by atoms with Gasteiger partial charge in [-0.1, -0.05) is 25.9 Å². The van der Waals surface area contributed by atoms with E-state index in [0.717, 1.165) is 31.3 Å². The average molecular weight is 321 g/mol. The van der Waals surface area contributed by atoms with Crippen molar-refractivity contribution in [1.29, 1.82) is 0 Å². The molecule has 2 saturated heterocycles. The van der Waals surface area contributed by atoms with Gasteiger partial charge in [0.2, 0.25) is 5.89 Å². The lowest BCUT2D eigenvalue weighted by molar-refractivity contribution is 0.180. The van der Waals surface area contributed by atoms with Crippen LogP contribution in [-0.2, 0) is 6.54 Å². The van der Waals surface area contributed by atoms with Crippen LogP contribution in [-0.4, -0.2) is 65.8 Å². The number of aromatic nitrogens is 2. The molecule has 0 spiro atoms. The highest BCUT2D eigenvalue weighted by Gasteiger charge is 2.34. The van der Waals surface area contributed by atoms with Crippen molar-refractivity contribution >= 4 is 0 Å². The molecule has 3 rings (SSSR count). The van der Waals surface area contributed by atoms with Gasteiger partial charge >= 0.3 is 0 Å². The molecule has 23 heavy (non-hydrogen) atoms. The summed E-state index contributed by atoms with van der Waals surface area (Å²) in [7, 11) is 2.18. The van der Waals surface area contributed by atoms with E-state index in [1.807, 2.05) is 0 Å². The fraction of sp³-hybridized carbons (Fsp3) is 0.882. The summed E-state index contributed by atoms with van der Waals surface area (Å²) in [5.74, 6) is 1.84.